The van der Waals surface area contributed by atoms with E-state index < -0.39 is 17.9 Å². The van der Waals surface area contributed by atoms with Gasteiger partial charge in [-0.1, -0.05) is 6.07 Å². The van der Waals surface area contributed by atoms with Gasteiger partial charge in [0.05, 0.1) is 19.1 Å². The standard InChI is InChI=1S/C11H13FO4/c12-8-2-1-3-10(6-8)16-5-4-9(13)7-11(14)15/h1-3,6,9,13H,4-5,7H2,(H,14,15)/t9-/m1/s1. The quantitative estimate of drug-likeness (QED) is 0.773. The van der Waals surface area contributed by atoms with Gasteiger partial charge >= 0.3 is 5.97 Å². The van der Waals surface area contributed by atoms with Gasteiger partial charge < -0.3 is 14.9 Å². The first-order valence-electron chi connectivity index (χ1n) is 4.86. The summed E-state index contributed by atoms with van der Waals surface area (Å²) in [6, 6.07) is 5.63. The Morgan fingerprint density at radius 1 is 1.50 bits per heavy atom. The van der Waals surface area contributed by atoms with E-state index in [4.69, 9.17) is 9.84 Å². The number of ether oxygens (including phenoxy) is 1. The van der Waals surface area contributed by atoms with Crippen LogP contribution in [0.15, 0.2) is 24.3 Å². The molecule has 2 N–H and O–H groups in total. The number of carbonyl (C=O) groups is 1. The number of aliphatic carboxylic acids is 1. The predicted molar refractivity (Wildman–Crippen MR) is 54.8 cm³/mol. The molecule has 0 radical (unpaired) electrons. The third-order valence-corrected chi connectivity index (χ3v) is 1.93. The number of carboxylic acid groups (broad SMARTS) is 1. The van der Waals surface area contributed by atoms with Crippen LogP contribution < -0.4 is 4.74 Å². The van der Waals surface area contributed by atoms with Gasteiger partial charge in [-0.15, -0.1) is 0 Å². The van der Waals surface area contributed by atoms with Gasteiger partial charge in [0.1, 0.15) is 11.6 Å². The Bertz CT molecular complexity index is 354. The minimum atomic E-state index is -1.06. The number of carboxylic acids is 1. The number of aliphatic hydroxyl groups excluding tert-OH is 1. The Balaban J connectivity index is 2.27. The van der Waals surface area contributed by atoms with Crippen molar-refractivity contribution in [1.29, 1.82) is 0 Å². The summed E-state index contributed by atoms with van der Waals surface area (Å²) in [6.45, 7) is 0.151. The van der Waals surface area contributed by atoms with Gasteiger partial charge in [0.15, 0.2) is 0 Å². The fourth-order valence-electron chi connectivity index (χ4n) is 1.17. The van der Waals surface area contributed by atoms with Gasteiger partial charge in [0.25, 0.3) is 0 Å². The second-order valence-corrected chi connectivity index (χ2v) is 3.35. The fourth-order valence-corrected chi connectivity index (χ4v) is 1.17. The zero-order valence-corrected chi connectivity index (χ0v) is 8.60. The van der Waals surface area contributed by atoms with E-state index >= 15 is 0 Å². The van der Waals surface area contributed by atoms with Crippen molar-refractivity contribution in [3.8, 4) is 5.75 Å². The molecule has 1 aromatic rings. The highest BCUT2D eigenvalue weighted by Crippen LogP contribution is 2.12. The van der Waals surface area contributed by atoms with Crippen LogP contribution in [0.2, 0.25) is 0 Å². The molecule has 0 fully saturated rings. The normalized spacial score (nSPS) is 12.1. The van der Waals surface area contributed by atoms with Crippen molar-refractivity contribution in [2.45, 2.75) is 18.9 Å². The van der Waals surface area contributed by atoms with E-state index in [9.17, 15) is 14.3 Å². The van der Waals surface area contributed by atoms with Crippen LogP contribution in [0.3, 0.4) is 0 Å². The summed E-state index contributed by atoms with van der Waals surface area (Å²) in [5, 5.41) is 17.6. The van der Waals surface area contributed by atoms with Gasteiger partial charge in [0, 0.05) is 12.5 Å². The molecule has 0 unspecified atom stereocenters. The highest BCUT2D eigenvalue weighted by molar-refractivity contribution is 5.67. The molecule has 0 amide bonds. The molecule has 0 aromatic heterocycles. The summed E-state index contributed by atoms with van der Waals surface area (Å²) in [5.74, 6) is -1.09. The molecule has 1 atom stereocenters. The summed E-state index contributed by atoms with van der Waals surface area (Å²) in [6.07, 6.45) is -1.05. The van der Waals surface area contributed by atoms with Crippen LogP contribution in [-0.2, 0) is 4.79 Å². The Labute approximate surface area is 92.3 Å². The topological polar surface area (TPSA) is 66.8 Å². The third kappa shape index (κ3) is 4.75. The van der Waals surface area contributed by atoms with Gasteiger partial charge in [-0.3, -0.25) is 4.79 Å². The van der Waals surface area contributed by atoms with E-state index in [-0.39, 0.29) is 19.4 Å². The fraction of sp³-hybridized carbons (Fsp3) is 0.364. The molecule has 0 saturated heterocycles. The second-order valence-electron chi connectivity index (χ2n) is 3.35. The number of halogens is 1. The molecule has 0 aliphatic carbocycles. The average Bonchev–Trinajstić information content (AvgIpc) is 2.16. The Kier molecular flexibility index (Phi) is 4.72. The summed E-state index contributed by atoms with van der Waals surface area (Å²) < 4.78 is 17.9. The van der Waals surface area contributed by atoms with Crippen LogP contribution in [0.25, 0.3) is 0 Å². The van der Waals surface area contributed by atoms with Gasteiger partial charge in [-0.25, -0.2) is 4.39 Å². The lowest BCUT2D eigenvalue weighted by atomic mass is 10.2. The first-order chi connectivity index (χ1) is 7.58. The molecule has 0 heterocycles. The van der Waals surface area contributed by atoms with Gasteiger partial charge in [0.2, 0.25) is 0 Å². The number of aliphatic hydroxyl groups is 1. The zero-order chi connectivity index (χ0) is 12.0. The van der Waals surface area contributed by atoms with Crippen LogP contribution in [0.5, 0.6) is 5.75 Å². The molecular formula is C11H13FO4. The molecule has 1 aromatic carbocycles. The summed E-state index contributed by atoms with van der Waals surface area (Å²) in [5.41, 5.74) is 0. The number of hydrogen-bond acceptors (Lipinski definition) is 3. The van der Waals surface area contributed by atoms with Crippen LogP contribution in [0.1, 0.15) is 12.8 Å². The lowest BCUT2D eigenvalue weighted by Crippen LogP contribution is -2.16. The third-order valence-electron chi connectivity index (χ3n) is 1.93. The molecular weight excluding hydrogens is 215 g/mol. The Morgan fingerprint density at radius 3 is 2.88 bits per heavy atom. The molecule has 1 rings (SSSR count). The highest BCUT2D eigenvalue weighted by atomic mass is 19.1. The monoisotopic (exact) mass is 228 g/mol. The van der Waals surface area contributed by atoms with E-state index in [0.717, 1.165) is 0 Å². The lowest BCUT2D eigenvalue weighted by molar-refractivity contribution is -0.139. The molecule has 5 heteroatoms. The number of hydrogen-bond donors (Lipinski definition) is 2. The van der Waals surface area contributed by atoms with E-state index in [1.54, 1.807) is 6.07 Å². The van der Waals surface area contributed by atoms with Crippen molar-refractivity contribution in [3.05, 3.63) is 30.1 Å². The summed E-state index contributed by atoms with van der Waals surface area (Å²) in [4.78, 5) is 10.2. The van der Waals surface area contributed by atoms with Crippen molar-refractivity contribution in [2.24, 2.45) is 0 Å². The highest BCUT2D eigenvalue weighted by Gasteiger charge is 2.09. The second kappa shape index (κ2) is 6.07. The minimum absolute atomic E-state index is 0.151. The summed E-state index contributed by atoms with van der Waals surface area (Å²) >= 11 is 0. The van der Waals surface area contributed by atoms with Crippen LogP contribution in [-0.4, -0.2) is 28.9 Å². The van der Waals surface area contributed by atoms with Gasteiger partial charge in [-0.05, 0) is 12.1 Å². The molecule has 4 nitrogen and oxygen atoms in total. The van der Waals surface area contributed by atoms with Crippen molar-refractivity contribution in [3.63, 3.8) is 0 Å². The Morgan fingerprint density at radius 2 is 2.25 bits per heavy atom. The zero-order valence-electron chi connectivity index (χ0n) is 8.60. The van der Waals surface area contributed by atoms with Crippen molar-refractivity contribution >= 4 is 5.97 Å². The lowest BCUT2D eigenvalue weighted by Gasteiger charge is -2.09. The molecule has 0 bridgehead atoms. The van der Waals surface area contributed by atoms with Crippen LogP contribution in [0, 0.1) is 5.82 Å². The number of benzene rings is 1. The Hall–Kier alpha value is -1.62. The van der Waals surface area contributed by atoms with Crippen LogP contribution >= 0.6 is 0 Å². The maximum atomic E-state index is 12.7. The van der Waals surface area contributed by atoms with E-state index in [1.807, 2.05) is 0 Å². The van der Waals surface area contributed by atoms with Gasteiger partial charge in [-0.2, -0.15) is 0 Å². The molecule has 0 aliphatic rings. The first-order valence-corrected chi connectivity index (χ1v) is 4.86. The SMILES string of the molecule is O=C(O)C[C@H](O)CCOc1cccc(F)c1. The minimum Gasteiger partial charge on any atom is -0.493 e. The van der Waals surface area contributed by atoms with Crippen molar-refractivity contribution < 1.29 is 24.1 Å². The van der Waals surface area contributed by atoms with Crippen LogP contribution in [0.4, 0.5) is 4.39 Å². The maximum absolute atomic E-state index is 12.7. The van der Waals surface area contributed by atoms with Crippen molar-refractivity contribution in [1.82, 2.24) is 0 Å². The molecule has 88 valence electrons. The smallest absolute Gasteiger partial charge is 0.305 e. The molecule has 0 saturated carbocycles. The molecule has 0 spiro atoms. The number of rotatable bonds is 6. The van der Waals surface area contributed by atoms with E-state index in [2.05, 4.69) is 0 Å². The van der Waals surface area contributed by atoms with E-state index in [1.165, 1.54) is 18.2 Å². The average molecular weight is 228 g/mol. The largest absolute Gasteiger partial charge is 0.493 e. The maximum Gasteiger partial charge on any atom is 0.305 e. The van der Waals surface area contributed by atoms with E-state index in [0.29, 0.717) is 5.75 Å². The predicted octanol–water partition coefficient (Wildman–Crippen LogP) is 1.43. The molecule has 0 aliphatic heterocycles. The summed E-state index contributed by atoms with van der Waals surface area (Å²) in [7, 11) is 0. The molecule has 16 heavy (non-hydrogen) atoms. The van der Waals surface area contributed by atoms with Crippen molar-refractivity contribution in [2.75, 3.05) is 6.61 Å². The first kappa shape index (κ1) is 12.4.